The van der Waals surface area contributed by atoms with Crippen molar-refractivity contribution in [3.05, 3.63) is 85.1 Å². The van der Waals surface area contributed by atoms with Crippen molar-refractivity contribution in [3.63, 3.8) is 0 Å². The van der Waals surface area contributed by atoms with E-state index in [9.17, 15) is 14.4 Å². The SMILES string of the molecule is CC/C=C\C/C=C\C/C=C\C/C=C\C/C=C\CCCCCC(=O)OC(COC(=O)CCCCCCC/C=C\C/C=C\CCCC)COC(=O)CCCCCCCCCCCCCCCCCCCCCCCCCC. The molecule has 0 saturated heterocycles. The van der Waals surface area contributed by atoms with Crippen molar-refractivity contribution in [2.75, 3.05) is 13.2 Å². The van der Waals surface area contributed by atoms with Crippen LogP contribution in [0.3, 0.4) is 0 Å². The Morgan fingerprint density at radius 2 is 0.533 bits per heavy atom. The number of rotatable bonds is 58. The monoisotopic (exact) mass is 1040 g/mol. The molecule has 75 heavy (non-hydrogen) atoms. The highest BCUT2D eigenvalue weighted by Gasteiger charge is 2.19. The zero-order chi connectivity index (χ0) is 54.3. The number of ether oxygens (including phenoxy) is 3. The van der Waals surface area contributed by atoms with Gasteiger partial charge in [0.25, 0.3) is 0 Å². The highest BCUT2D eigenvalue weighted by molar-refractivity contribution is 5.71. The molecule has 0 aromatic carbocycles. The summed E-state index contributed by atoms with van der Waals surface area (Å²) in [5, 5.41) is 0. The van der Waals surface area contributed by atoms with Crippen LogP contribution in [-0.4, -0.2) is 37.2 Å². The van der Waals surface area contributed by atoms with E-state index in [4.69, 9.17) is 14.2 Å². The van der Waals surface area contributed by atoms with Crippen molar-refractivity contribution in [2.45, 2.75) is 322 Å². The molecule has 0 rings (SSSR count). The molecule has 6 heteroatoms. The van der Waals surface area contributed by atoms with Crippen LogP contribution in [-0.2, 0) is 28.6 Å². The van der Waals surface area contributed by atoms with Gasteiger partial charge in [0.2, 0.25) is 0 Å². The Kier molecular flexibility index (Phi) is 60.3. The lowest BCUT2D eigenvalue weighted by Crippen LogP contribution is -2.30. The maximum atomic E-state index is 12.9. The molecule has 0 N–H and O–H groups in total. The molecular weight excluding hydrogens is 925 g/mol. The van der Waals surface area contributed by atoms with E-state index in [1.807, 2.05) is 0 Å². The predicted molar refractivity (Wildman–Crippen MR) is 325 cm³/mol. The molecular formula is C69H120O6. The van der Waals surface area contributed by atoms with Gasteiger partial charge in [-0.3, -0.25) is 14.4 Å². The standard InChI is InChI=1S/C69H120O6/c1-4-7-10-13-16-19-22-25-28-30-32-33-34-35-36-38-39-41-44-47-50-53-56-59-62-68(71)74-65-66(64-73-67(70)61-58-55-52-49-46-43-27-24-21-18-15-12-9-6-3)75-69(72)63-60-57-54-51-48-45-42-40-37-31-29-26-23-20-17-14-11-8-5-2/h8,11,15,17-18,20,24,26-27,29,37,40,45,48,66H,4-7,9-10,12-14,16,19,21-23,25,28,30-36,38-39,41-44,46-47,49-65H2,1-3H3/b11-8-,18-15-,20-17-,27-24-,29-26-,40-37-,48-45-. The first-order chi connectivity index (χ1) is 37.0. The van der Waals surface area contributed by atoms with E-state index >= 15 is 0 Å². The number of esters is 3. The van der Waals surface area contributed by atoms with Crippen LogP contribution in [0.15, 0.2) is 85.1 Å². The molecule has 6 nitrogen and oxygen atoms in total. The van der Waals surface area contributed by atoms with E-state index in [0.717, 1.165) is 122 Å². The van der Waals surface area contributed by atoms with Gasteiger partial charge >= 0.3 is 17.9 Å². The van der Waals surface area contributed by atoms with Crippen molar-refractivity contribution in [1.82, 2.24) is 0 Å². The Labute approximate surface area is 465 Å². The zero-order valence-electron chi connectivity index (χ0n) is 49.6. The molecule has 0 aliphatic heterocycles. The molecule has 0 heterocycles. The molecule has 0 aromatic rings. The average molecular weight is 1050 g/mol. The van der Waals surface area contributed by atoms with Crippen molar-refractivity contribution in [2.24, 2.45) is 0 Å². The second-order valence-corrected chi connectivity index (χ2v) is 21.3. The van der Waals surface area contributed by atoms with Gasteiger partial charge < -0.3 is 14.2 Å². The molecule has 0 amide bonds. The predicted octanol–water partition coefficient (Wildman–Crippen LogP) is 21.9. The maximum absolute atomic E-state index is 12.9. The van der Waals surface area contributed by atoms with Crippen LogP contribution in [0, 0.1) is 0 Å². The van der Waals surface area contributed by atoms with E-state index in [1.165, 1.54) is 154 Å². The van der Waals surface area contributed by atoms with Crippen LogP contribution in [0.1, 0.15) is 316 Å². The minimum Gasteiger partial charge on any atom is -0.462 e. The molecule has 0 fully saturated rings. The summed E-state index contributed by atoms with van der Waals surface area (Å²) in [6.45, 7) is 6.48. The number of hydrogen-bond donors (Lipinski definition) is 0. The molecule has 0 aliphatic rings. The second-order valence-electron chi connectivity index (χ2n) is 21.3. The first-order valence-corrected chi connectivity index (χ1v) is 32.1. The molecule has 0 bridgehead atoms. The normalized spacial score (nSPS) is 12.6. The third-order valence-corrected chi connectivity index (χ3v) is 13.9. The van der Waals surface area contributed by atoms with Crippen molar-refractivity contribution < 1.29 is 28.6 Å². The summed E-state index contributed by atoms with van der Waals surface area (Å²) in [5.74, 6) is -0.927. The lowest BCUT2D eigenvalue weighted by molar-refractivity contribution is -0.167. The first kappa shape index (κ1) is 71.6. The lowest BCUT2D eigenvalue weighted by atomic mass is 10.0. The Morgan fingerprint density at radius 1 is 0.280 bits per heavy atom. The Balaban J connectivity index is 4.35. The van der Waals surface area contributed by atoms with Gasteiger partial charge in [-0.25, -0.2) is 0 Å². The molecule has 1 unspecified atom stereocenters. The molecule has 0 radical (unpaired) electrons. The van der Waals surface area contributed by atoms with Crippen LogP contribution < -0.4 is 0 Å². The summed E-state index contributed by atoms with van der Waals surface area (Å²) in [4.78, 5) is 38.3. The quantitative estimate of drug-likeness (QED) is 0.0261. The van der Waals surface area contributed by atoms with Crippen LogP contribution in [0.25, 0.3) is 0 Å². The van der Waals surface area contributed by atoms with Gasteiger partial charge in [-0.05, 0) is 89.9 Å². The first-order valence-electron chi connectivity index (χ1n) is 32.1. The number of carbonyl (C=O) groups excluding carboxylic acids is 3. The van der Waals surface area contributed by atoms with Gasteiger partial charge in [0.1, 0.15) is 13.2 Å². The third kappa shape index (κ3) is 61.3. The summed E-state index contributed by atoms with van der Waals surface area (Å²) in [5.41, 5.74) is 0. The molecule has 0 aliphatic carbocycles. The van der Waals surface area contributed by atoms with E-state index in [2.05, 4.69) is 106 Å². The van der Waals surface area contributed by atoms with Crippen molar-refractivity contribution in [3.8, 4) is 0 Å². The Morgan fingerprint density at radius 3 is 0.867 bits per heavy atom. The molecule has 0 saturated carbocycles. The molecule has 0 aromatic heterocycles. The van der Waals surface area contributed by atoms with Crippen LogP contribution in [0.4, 0.5) is 0 Å². The fourth-order valence-electron chi connectivity index (χ4n) is 9.08. The minimum atomic E-state index is -0.800. The average Bonchev–Trinajstić information content (AvgIpc) is 3.41. The second kappa shape index (κ2) is 63.1. The fourth-order valence-corrected chi connectivity index (χ4v) is 9.08. The van der Waals surface area contributed by atoms with E-state index < -0.39 is 6.10 Å². The van der Waals surface area contributed by atoms with Crippen molar-refractivity contribution >= 4 is 17.9 Å². The summed E-state index contributed by atoms with van der Waals surface area (Å²) >= 11 is 0. The van der Waals surface area contributed by atoms with E-state index in [0.29, 0.717) is 12.8 Å². The van der Waals surface area contributed by atoms with Gasteiger partial charge in [0, 0.05) is 19.3 Å². The van der Waals surface area contributed by atoms with Gasteiger partial charge in [0.05, 0.1) is 0 Å². The smallest absolute Gasteiger partial charge is 0.306 e. The lowest BCUT2D eigenvalue weighted by Gasteiger charge is -2.18. The molecule has 0 spiro atoms. The Bertz CT molecular complexity index is 1430. The summed E-state index contributed by atoms with van der Waals surface area (Å²) in [6, 6.07) is 0. The molecule has 432 valence electrons. The fraction of sp³-hybridized carbons (Fsp3) is 0.754. The minimum absolute atomic E-state index is 0.0923. The highest BCUT2D eigenvalue weighted by Crippen LogP contribution is 2.17. The summed E-state index contributed by atoms with van der Waals surface area (Å²) < 4.78 is 16.9. The molecule has 1 atom stereocenters. The van der Waals surface area contributed by atoms with Gasteiger partial charge in [-0.1, -0.05) is 292 Å². The maximum Gasteiger partial charge on any atom is 0.306 e. The number of carbonyl (C=O) groups is 3. The van der Waals surface area contributed by atoms with E-state index in [-0.39, 0.29) is 37.5 Å². The topological polar surface area (TPSA) is 78.9 Å². The zero-order valence-corrected chi connectivity index (χ0v) is 49.6. The summed E-state index contributed by atoms with van der Waals surface area (Å²) in [6.07, 6.45) is 83.1. The van der Waals surface area contributed by atoms with E-state index in [1.54, 1.807) is 0 Å². The number of hydrogen-bond acceptors (Lipinski definition) is 6. The van der Waals surface area contributed by atoms with Gasteiger partial charge in [-0.2, -0.15) is 0 Å². The third-order valence-electron chi connectivity index (χ3n) is 13.9. The Hall–Kier alpha value is -3.41. The van der Waals surface area contributed by atoms with Crippen LogP contribution in [0.2, 0.25) is 0 Å². The highest BCUT2D eigenvalue weighted by atomic mass is 16.6. The van der Waals surface area contributed by atoms with Crippen molar-refractivity contribution in [1.29, 1.82) is 0 Å². The largest absolute Gasteiger partial charge is 0.462 e. The van der Waals surface area contributed by atoms with Gasteiger partial charge in [-0.15, -0.1) is 0 Å². The number of unbranched alkanes of at least 4 members (excludes halogenated alkanes) is 33. The summed E-state index contributed by atoms with van der Waals surface area (Å²) in [7, 11) is 0. The number of allylic oxidation sites excluding steroid dienone is 14. The van der Waals surface area contributed by atoms with Gasteiger partial charge in [0.15, 0.2) is 6.10 Å². The van der Waals surface area contributed by atoms with Crippen LogP contribution in [0.5, 0.6) is 0 Å². The van der Waals surface area contributed by atoms with Crippen LogP contribution >= 0.6 is 0 Å².